The Morgan fingerprint density at radius 1 is 1.14 bits per heavy atom. The monoisotopic (exact) mass is 408 g/mol. The van der Waals surface area contributed by atoms with Crippen LogP contribution in [0.4, 0.5) is 5.82 Å². The van der Waals surface area contributed by atoms with E-state index in [0.29, 0.717) is 17.3 Å². The van der Waals surface area contributed by atoms with Gasteiger partial charge in [0.2, 0.25) is 0 Å². The third kappa shape index (κ3) is 4.01. The van der Waals surface area contributed by atoms with Gasteiger partial charge in [0.1, 0.15) is 34.5 Å². The summed E-state index contributed by atoms with van der Waals surface area (Å²) in [5.41, 5.74) is 1.39. The summed E-state index contributed by atoms with van der Waals surface area (Å²) in [4.78, 5) is 17.4. The molecule has 0 bridgehead atoms. The van der Waals surface area contributed by atoms with Crippen LogP contribution in [-0.2, 0) is 6.42 Å². The fraction of sp³-hybridized carbons (Fsp3) is 0.105. The SMILES string of the molecule is N#Cc1ccnc(Oc2ccc(CCNc3ncnc4scc(Cl)c34)cc2)n1. The van der Waals surface area contributed by atoms with Crippen molar-refractivity contribution in [3.63, 3.8) is 0 Å². The molecule has 1 N–H and O–H groups in total. The maximum atomic E-state index is 8.87. The van der Waals surface area contributed by atoms with Crippen LogP contribution in [0, 0.1) is 11.3 Å². The van der Waals surface area contributed by atoms with Gasteiger partial charge in [-0.05, 0) is 30.2 Å². The quantitative estimate of drug-likeness (QED) is 0.503. The van der Waals surface area contributed by atoms with Crippen molar-refractivity contribution in [2.45, 2.75) is 6.42 Å². The highest BCUT2D eigenvalue weighted by Crippen LogP contribution is 2.32. The molecule has 4 aromatic rings. The Balaban J connectivity index is 1.37. The van der Waals surface area contributed by atoms with Crippen molar-refractivity contribution in [1.29, 1.82) is 5.26 Å². The van der Waals surface area contributed by atoms with E-state index in [1.54, 1.807) is 0 Å². The lowest BCUT2D eigenvalue weighted by molar-refractivity contribution is 0.441. The molecule has 0 aliphatic heterocycles. The summed E-state index contributed by atoms with van der Waals surface area (Å²) < 4.78 is 5.58. The zero-order valence-electron chi connectivity index (χ0n) is 14.5. The molecular formula is C19H13ClN6OS. The highest BCUT2D eigenvalue weighted by Gasteiger charge is 2.09. The molecule has 7 nitrogen and oxygen atoms in total. The second-order valence-corrected chi connectivity index (χ2v) is 7.01. The number of ether oxygens (including phenoxy) is 1. The Morgan fingerprint density at radius 3 is 2.82 bits per heavy atom. The Kier molecular flexibility index (Phi) is 5.28. The Morgan fingerprint density at radius 2 is 2.00 bits per heavy atom. The maximum absolute atomic E-state index is 8.87. The molecule has 0 saturated heterocycles. The van der Waals surface area contributed by atoms with E-state index in [1.165, 1.54) is 29.9 Å². The van der Waals surface area contributed by atoms with Crippen molar-refractivity contribution in [3.05, 3.63) is 64.5 Å². The van der Waals surface area contributed by atoms with E-state index in [0.717, 1.165) is 28.0 Å². The number of aromatic nitrogens is 4. The number of anilines is 1. The first kappa shape index (κ1) is 18.1. The van der Waals surface area contributed by atoms with Gasteiger partial charge in [0, 0.05) is 18.1 Å². The van der Waals surface area contributed by atoms with E-state index in [-0.39, 0.29) is 11.7 Å². The van der Waals surface area contributed by atoms with Gasteiger partial charge in [-0.1, -0.05) is 23.7 Å². The summed E-state index contributed by atoms with van der Waals surface area (Å²) in [6.45, 7) is 0.700. The average molecular weight is 409 g/mol. The third-order valence-corrected chi connectivity index (χ3v) is 5.23. The maximum Gasteiger partial charge on any atom is 0.323 e. The number of fused-ring (bicyclic) bond motifs is 1. The summed E-state index contributed by atoms with van der Waals surface area (Å²) in [6, 6.07) is 11.3. The van der Waals surface area contributed by atoms with E-state index in [9.17, 15) is 0 Å². The molecule has 138 valence electrons. The van der Waals surface area contributed by atoms with Gasteiger partial charge in [0.25, 0.3) is 0 Å². The molecule has 0 aliphatic rings. The summed E-state index contributed by atoms with van der Waals surface area (Å²) in [7, 11) is 0. The third-order valence-electron chi connectivity index (χ3n) is 3.91. The highest BCUT2D eigenvalue weighted by molar-refractivity contribution is 7.17. The molecule has 0 atom stereocenters. The van der Waals surface area contributed by atoms with E-state index in [2.05, 4.69) is 25.3 Å². The van der Waals surface area contributed by atoms with Gasteiger partial charge in [-0.3, -0.25) is 0 Å². The predicted molar refractivity (Wildman–Crippen MR) is 108 cm³/mol. The number of rotatable bonds is 6. The Labute approximate surface area is 169 Å². The standard InChI is InChI=1S/C19H13ClN6OS/c20-15-10-28-18-16(15)17(24-11-25-18)22-7-5-12-1-3-14(4-2-12)27-19-23-8-6-13(9-21)26-19/h1-4,6,8,10-11H,5,7H2,(H,22,24,25). The van der Waals surface area contributed by atoms with Gasteiger partial charge < -0.3 is 10.1 Å². The number of nitrogens with one attached hydrogen (secondary N) is 1. The van der Waals surface area contributed by atoms with Crippen LogP contribution in [0.25, 0.3) is 10.2 Å². The van der Waals surface area contributed by atoms with Crippen LogP contribution in [0.5, 0.6) is 11.8 Å². The van der Waals surface area contributed by atoms with E-state index >= 15 is 0 Å². The molecule has 0 unspecified atom stereocenters. The molecule has 0 amide bonds. The molecule has 4 rings (SSSR count). The van der Waals surface area contributed by atoms with Gasteiger partial charge in [-0.15, -0.1) is 11.3 Å². The molecule has 0 spiro atoms. The summed E-state index contributed by atoms with van der Waals surface area (Å²) >= 11 is 7.72. The van der Waals surface area contributed by atoms with Crippen LogP contribution in [-0.4, -0.2) is 26.5 Å². The zero-order valence-corrected chi connectivity index (χ0v) is 16.0. The number of benzene rings is 1. The topological polar surface area (TPSA) is 96.6 Å². The minimum absolute atomic E-state index is 0.147. The van der Waals surface area contributed by atoms with Crippen molar-refractivity contribution >= 4 is 39.0 Å². The van der Waals surface area contributed by atoms with Crippen LogP contribution in [0.2, 0.25) is 5.02 Å². The Bertz CT molecular complexity index is 1160. The van der Waals surface area contributed by atoms with Gasteiger partial charge in [0.15, 0.2) is 0 Å². The summed E-state index contributed by atoms with van der Waals surface area (Å²) in [6.07, 6.45) is 3.83. The Hall–Kier alpha value is -3.28. The summed E-state index contributed by atoms with van der Waals surface area (Å²) in [5.74, 6) is 1.35. The number of hydrogen-bond donors (Lipinski definition) is 1. The van der Waals surface area contributed by atoms with Crippen molar-refractivity contribution in [1.82, 2.24) is 19.9 Å². The minimum Gasteiger partial charge on any atom is -0.424 e. The number of nitriles is 1. The van der Waals surface area contributed by atoms with E-state index in [1.807, 2.05) is 35.7 Å². The molecular weight excluding hydrogens is 396 g/mol. The highest BCUT2D eigenvalue weighted by atomic mass is 35.5. The van der Waals surface area contributed by atoms with Crippen molar-refractivity contribution < 1.29 is 4.74 Å². The number of thiophene rings is 1. The molecule has 28 heavy (non-hydrogen) atoms. The molecule has 0 radical (unpaired) electrons. The molecule has 1 aromatic carbocycles. The molecule has 3 aromatic heterocycles. The van der Waals surface area contributed by atoms with Crippen molar-refractivity contribution in [3.8, 4) is 17.8 Å². The molecule has 9 heteroatoms. The van der Waals surface area contributed by atoms with Crippen molar-refractivity contribution in [2.24, 2.45) is 0 Å². The smallest absolute Gasteiger partial charge is 0.323 e. The number of hydrogen-bond acceptors (Lipinski definition) is 8. The molecule has 3 heterocycles. The number of halogens is 1. The second-order valence-electron chi connectivity index (χ2n) is 5.75. The normalized spacial score (nSPS) is 10.6. The number of nitrogens with zero attached hydrogens (tertiary/aromatic N) is 5. The van der Waals surface area contributed by atoms with Crippen LogP contribution in [0.15, 0.2) is 48.2 Å². The van der Waals surface area contributed by atoms with Gasteiger partial charge in [-0.2, -0.15) is 10.2 Å². The first-order valence-corrected chi connectivity index (χ1v) is 9.60. The minimum atomic E-state index is 0.147. The van der Waals surface area contributed by atoms with Gasteiger partial charge in [0.05, 0.1) is 10.4 Å². The first-order valence-electron chi connectivity index (χ1n) is 8.34. The van der Waals surface area contributed by atoms with E-state index < -0.39 is 0 Å². The summed E-state index contributed by atoms with van der Waals surface area (Å²) in [5, 5.41) is 15.6. The second kappa shape index (κ2) is 8.17. The molecule has 0 saturated carbocycles. The largest absolute Gasteiger partial charge is 0.424 e. The first-order chi connectivity index (χ1) is 13.7. The van der Waals surface area contributed by atoms with Gasteiger partial charge >= 0.3 is 6.01 Å². The molecule has 0 fully saturated rings. The zero-order chi connectivity index (χ0) is 19.3. The van der Waals surface area contributed by atoms with Gasteiger partial charge in [-0.25, -0.2) is 15.0 Å². The van der Waals surface area contributed by atoms with Crippen molar-refractivity contribution in [2.75, 3.05) is 11.9 Å². The molecule has 0 aliphatic carbocycles. The lowest BCUT2D eigenvalue weighted by Crippen LogP contribution is -2.06. The van der Waals surface area contributed by atoms with E-state index in [4.69, 9.17) is 21.6 Å². The predicted octanol–water partition coefficient (Wildman–Crippen LogP) is 4.45. The fourth-order valence-corrected chi connectivity index (χ4v) is 3.72. The van der Waals surface area contributed by atoms with Crippen LogP contribution >= 0.6 is 22.9 Å². The van der Waals surface area contributed by atoms with Crippen LogP contribution in [0.3, 0.4) is 0 Å². The lowest BCUT2D eigenvalue weighted by atomic mass is 10.1. The fourth-order valence-electron chi connectivity index (χ4n) is 2.58. The van der Waals surface area contributed by atoms with Crippen LogP contribution < -0.4 is 10.1 Å². The average Bonchev–Trinajstić information content (AvgIpc) is 3.11. The van der Waals surface area contributed by atoms with Crippen LogP contribution in [0.1, 0.15) is 11.3 Å². The lowest BCUT2D eigenvalue weighted by Gasteiger charge is -2.08.